The molecule has 25 heteroatoms. The van der Waals surface area contributed by atoms with Crippen LogP contribution in [0.5, 0.6) is 0 Å². The lowest BCUT2D eigenvalue weighted by Gasteiger charge is -2.33. The largest absolute Gasteiger partial charge is 0.389 e. The van der Waals surface area contributed by atoms with Gasteiger partial charge in [-0.25, -0.2) is 29.1 Å². The van der Waals surface area contributed by atoms with E-state index in [4.69, 9.17) is 43.8 Å². The Balaban J connectivity index is 1.15. The van der Waals surface area contributed by atoms with Gasteiger partial charge in [-0.2, -0.15) is 4.98 Å². The molecule has 252 valence electrons. The highest BCUT2D eigenvalue weighted by Crippen LogP contribution is 2.65. The number of thiol groups is 1. The van der Waals surface area contributed by atoms with E-state index < -0.39 is 80.9 Å². The quantitative estimate of drug-likeness (QED) is 0.141. The molecule has 21 nitrogen and oxygen atoms in total. The molecule has 0 spiro atoms. The van der Waals surface area contributed by atoms with Gasteiger partial charge in [-0.05, 0) is 17.6 Å². The molecule has 4 aliphatic rings. The van der Waals surface area contributed by atoms with E-state index in [1.807, 2.05) is 0 Å². The van der Waals surface area contributed by atoms with Crippen LogP contribution >= 0.6 is 37.2 Å². The highest BCUT2D eigenvalue weighted by Gasteiger charge is 2.66. The van der Waals surface area contributed by atoms with Crippen LogP contribution in [0.25, 0.3) is 22.3 Å². The van der Waals surface area contributed by atoms with Crippen molar-refractivity contribution in [1.29, 1.82) is 0 Å². The number of hydrogen-bond acceptors (Lipinski definition) is 19. The topological polar surface area (TPSA) is 278 Å². The number of fused-ring (bicyclic) bond motifs is 4. The molecule has 4 saturated heterocycles. The third kappa shape index (κ3) is 5.11. The second-order valence-corrected chi connectivity index (χ2v) is 18.1. The maximum Gasteiger partial charge on any atom is 0.389 e. The molecule has 4 fully saturated rings. The number of aliphatic hydroxyl groups excluding tert-OH is 1. The number of rotatable bonds is 3. The van der Waals surface area contributed by atoms with Gasteiger partial charge < -0.3 is 30.8 Å². The average Bonchev–Trinajstić information content (AvgIpc) is 3.84. The lowest BCUT2D eigenvalue weighted by Crippen LogP contribution is -2.45. The molecule has 0 radical (unpaired) electrons. The SMILES string of the molecule is CSP1(=O)OC[C@H]2O[C@@H](n3cnc4c(=O)[nH]c(N)nc43)C(OP(=O)(S)OC[C@]34COC(C3O1)[C@H](n1cnc3c(N)ncnc31)O4)C2O. The fraction of sp³-hybridized carbons (Fsp3) is 0.545. The summed E-state index contributed by atoms with van der Waals surface area (Å²) in [6.45, 7) is -9.46. The molecular weight excluding hydrogens is 706 g/mol. The minimum Gasteiger partial charge on any atom is -0.387 e. The minimum absolute atomic E-state index is 0.00639. The number of nitrogens with zero attached hydrogens (tertiary/aromatic N) is 7. The fourth-order valence-electron chi connectivity index (χ4n) is 6.06. The minimum atomic E-state index is -4.36. The first kappa shape index (κ1) is 31.6. The summed E-state index contributed by atoms with van der Waals surface area (Å²) in [4.78, 5) is 35.5. The summed E-state index contributed by atoms with van der Waals surface area (Å²) in [5, 5.41) is 11.3. The van der Waals surface area contributed by atoms with Crippen molar-refractivity contribution in [1.82, 2.24) is 39.0 Å². The van der Waals surface area contributed by atoms with Crippen LogP contribution in [0, 0.1) is 0 Å². The first-order valence-corrected chi connectivity index (χ1v) is 19.9. The van der Waals surface area contributed by atoms with E-state index in [9.17, 15) is 19.0 Å². The van der Waals surface area contributed by atoms with E-state index in [1.54, 1.807) is 4.57 Å². The van der Waals surface area contributed by atoms with Gasteiger partial charge >= 0.3 is 13.6 Å². The van der Waals surface area contributed by atoms with Crippen molar-refractivity contribution in [3.05, 3.63) is 29.3 Å². The van der Waals surface area contributed by atoms with Crippen molar-refractivity contribution in [3.63, 3.8) is 0 Å². The van der Waals surface area contributed by atoms with Gasteiger partial charge in [0.2, 0.25) is 5.95 Å². The monoisotopic (exact) mass is 732 g/mol. The first-order chi connectivity index (χ1) is 22.4. The Morgan fingerprint density at radius 3 is 2.60 bits per heavy atom. The smallest absolute Gasteiger partial charge is 0.387 e. The van der Waals surface area contributed by atoms with Crippen LogP contribution in [0.1, 0.15) is 12.5 Å². The molecule has 0 saturated carbocycles. The predicted molar refractivity (Wildman–Crippen MR) is 164 cm³/mol. The van der Waals surface area contributed by atoms with Crippen LogP contribution in [-0.4, -0.2) is 106 Å². The van der Waals surface area contributed by atoms with Gasteiger partial charge in [0, 0.05) is 0 Å². The summed E-state index contributed by atoms with van der Waals surface area (Å²) >= 11 is 4.99. The van der Waals surface area contributed by atoms with Gasteiger partial charge in [-0.1, -0.05) is 12.2 Å². The van der Waals surface area contributed by atoms with Crippen LogP contribution < -0.4 is 17.0 Å². The Kier molecular flexibility index (Phi) is 7.52. The average molecular weight is 733 g/mol. The third-order valence-electron chi connectivity index (χ3n) is 8.26. The van der Waals surface area contributed by atoms with Crippen molar-refractivity contribution in [3.8, 4) is 0 Å². The standard InChI is InChI=1S/C22H26N10O11P2S2/c1-47-45(36)38-2-8-11(33)12(19(40-8)32-7-28-10-17(32)29-21(24)30-18(10)34)42-44(35,46)39-4-22-3-37-13(14(22)43-45)20(41-22)31-6-27-9-15(23)25-5-26-16(9)31/h5-8,11-14,19-20,33H,2-4H2,1H3,(H,35,46)(H2,23,25,26)(H3,24,29,30,34)/t8-,11?,12?,13?,14?,19-,20-,22-,44?,45?/m1/s1. The van der Waals surface area contributed by atoms with Crippen molar-refractivity contribution < 1.29 is 46.5 Å². The second kappa shape index (κ2) is 11.2. The summed E-state index contributed by atoms with van der Waals surface area (Å²) in [5.74, 6) is -0.0532. The summed E-state index contributed by atoms with van der Waals surface area (Å²) < 4.78 is 72.9. The van der Waals surface area contributed by atoms with E-state index >= 15 is 0 Å². The lowest BCUT2D eigenvalue weighted by molar-refractivity contribution is -0.182. The van der Waals surface area contributed by atoms with Crippen molar-refractivity contribution in [2.24, 2.45) is 0 Å². The van der Waals surface area contributed by atoms with Gasteiger partial charge in [0.25, 0.3) is 5.56 Å². The molecule has 0 aliphatic carbocycles. The second-order valence-electron chi connectivity index (χ2n) is 11.0. The number of nitrogens with two attached hydrogens (primary N) is 2. The number of aromatic amines is 1. The molecule has 6 unspecified atom stereocenters. The number of H-pyrrole nitrogens is 1. The number of nitrogens with one attached hydrogen (secondary N) is 1. The van der Waals surface area contributed by atoms with E-state index in [0.29, 0.717) is 11.2 Å². The third-order valence-corrected chi connectivity index (χ3v) is 13.2. The number of aromatic nitrogens is 8. The Morgan fingerprint density at radius 1 is 1.04 bits per heavy atom. The van der Waals surface area contributed by atoms with Gasteiger partial charge in [-0.15, -0.1) is 0 Å². The molecule has 10 atom stereocenters. The predicted octanol–water partition coefficient (Wildman–Crippen LogP) is 0.375. The van der Waals surface area contributed by atoms with E-state index in [2.05, 4.69) is 42.2 Å². The zero-order valence-electron chi connectivity index (χ0n) is 24.0. The zero-order valence-corrected chi connectivity index (χ0v) is 27.5. The number of hydrogen-bond donors (Lipinski definition) is 5. The van der Waals surface area contributed by atoms with Crippen LogP contribution in [-0.2, 0) is 41.4 Å². The Labute approximate surface area is 271 Å². The fourth-order valence-corrected chi connectivity index (χ4v) is 9.75. The van der Waals surface area contributed by atoms with Crippen LogP contribution in [0.2, 0.25) is 0 Å². The van der Waals surface area contributed by atoms with Crippen LogP contribution in [0.3, 0.4) is 0 Å². The molecule has 4 aliphatic heterocycles. The molecule has 8 rings (SSSR count). The molecule has 47 heavy (non-hydrogen) atoms. The molecule has 6 N–H and O–H groups in total. The number of anilines is 2. The molecular formula is C22H26N10O11P2S2. The van der Waals surface area contributed by atoms with Crippen molar-refractivity contribution in [2.45, 2.75) is 48.6 Å². The van der Waals surface area contributed by atoms with Crippen LogP contribution in [0.4, 0.5) is 11.8 Å². The Morgan fingerprint density at radius 2 is 1.81 bits per heavy atom. The normalized spacial score (nSPS) is 39.1. The van der Waals surface area contributed by atoms with E-state index in [1.165, 1.54) is 29.8 Å². The highest BCUT2D eigenvalue weighted by molar-refractivity contribution is 8.54. The number of imidazole rings is 2. The summed E-state index contributed by atoms with van der Waals surface area (Å²) in [6, 6.07) is 0. The molecule has 4 aromatic rings. The lowest BCUT2D eigenvalue weighted by atomic mass is 10.0. The van der Waals surface area contributed by atoms with E-state index in [0.717, 1.165) is 11.4 Å². The molecule has 8 heterocycles. The number of nitrogen functional groups attached to an aromatic ring is 2. The molecule has 0 aromatic carbocycles. The van der Waals surface area contributed by atoms with Gasteiger partial charge in [0.15, 0.2) is 35.1 Å². The van der Waals surface area contributed by atoms with Crippen molar-refractivity contribution in [2.75, 3.05) is 37.5 Å². The number of ether oxygens (including phenoxy) is 3. The van der Waals surface area contributed by atoms with Gasteiger partial charge in [0.05, 0.1) is 32.5 Å². The summed E-state index contributed by atoms with van der Waals surface area (Å²) in [7, 11) is 0. The number of aliphatic hydroxyl groups is 1. The van der Waals surface area contributed by atoms with Crippen molar-refractivity contribution >= 4 is 71.3 Å². The molecule has 0 amide bonds. The highest BCUT2D eigenvalue weighted by atomic mass is 32.7. The van der Waals surface area contributed by atoms with Gasteiger partial charge in [-0.3, -0.25) is 37.0 Å². The van der Waals surface area contributed by atoms with Crippen LogP contribution in [0.15, 0.2) is 23.8 Å². The summed E-state index contributed by atoms with van der Waals surface area (Å²) in [6.07, 6.45) is -2.92. The first-order valence-electron chi connectivity index (χ1n) is 13.8. The maximum absolute atomic E-state index is 14.1. The van der Waals surface area contributed by atoms with Gasteiger partial charge in [0.1, 0.15) is 48.0 Å². The molecule has 4 aromatic heterocycles. The molecule has 4 bridgehead atoms. The Hall–Kier alpha value is -2.66. The summed E-state index contributed by atoms with van der Waals surface area (Å²) in [5.41, 5.74) is 10.2. The Bertz CT molecular complexity index is 2050. The van der Waals surface area contributed by atoms with E-state index in [-0.39, 0.29) is 29.5 Å². The maximum atomic E-state index is 14.1. The zero-order chi connectivity index (χ0) is 32.9.